The summed E-state index contributed by atoms with van der Waals surface area (Å²) in [5, 5.41) is 2.89. The van der Waals surface area contributed by atoms with Crippen LogP contribution in [0.1, 0.15) is 23.2 Å². The second-order valence-electron chi connectivity index (χ2n) is 7.11. The molecule has 0 radical (unpaired) electrons. The van der Waals surface area contributed by atoms with E-state index in [1.807, 2.05) is 30.3 Å². The van der Waals surface area contributed by atoms with E-state index in [9.17, 15) is 14.4 Å². The Kier molecular flexibility index (Phi) is 5.85. The van der Waals surface area contributed by atoms with E-state index < -0.39 is 6.04 Å². The average molecular weight is 410 g/mol. The van der Waals surface area contributed by atoms with Gasteiger partial charge in [-0.05, 0) is 37.1 Å². The van der Waals surface area contributed by atoms with Crippen LogP contribution in [0.4, 0.5) is 5.69 Å². The fraction of sp³-hybridized carbons (Fsp3) is 0.318. The number of anilines is 1. The maximum Gasteiger partial charge on any atom is 0.256 e. The summed E-state index contributed by atoms with van der Waals surface area (Å²) in [5.74, 6) is 0.226. The van der Waals surface area contributed by atoms with Gasteiger partial charge in [0.2, 0.25) is 11.8 Å². The summed E-state index contributed by atoms with van der Waals surface area (Å²) in [5.41, 5.74) is 1.00. The van der Waals surface area contributed by atoms with Crippen LogP contribution in [-0.2, 0) is 9.59 Å². The molecular weight excluding hydrogens is 386 g/mol. The van der Waals surface area contributed by atoms with E-state index in [1.54, 1.807) is 40.9 Å². The molecule has 1 atom stereocenters. The molecule has 2 aliphatic heterocycles. The molecule has 3 amide bonds. The fourth-order valence-electron chi connectivity index (χ4n) is 3.85. The van der Waals surface area contributed by atoms with Gasteiger partial charge in [0.25, 0.3) is 5.91 Å². The molecule has 4 rings (SSSR count). The largest absolute Gasteiger partial charge is 0.354 e. The lowest BCUT2D eigenvalue weighted by Crippen LogP contribution is -2.48. The zero-order valence-electron chi connectivity index (χ0n) is 16.0. The molecule has 29 heavy (non-hydrogen) atoms. The molecule has 150 valence electrons. The van der Waals surface area contributed by atoms with Crippen LogP contribution in [0.2, 0.25) is 0 Å². The third kappa shape index (κ3) is 4.15. The highest BCUT2D eigenvalue weighted by Gasteiger charge is 2.42. The third-order valence-corrected chi connectivity index (χ3v) is 6.24. The van der Waals surface area contributed by atoms with E-state index in [0.29, 0.717) is 30.8 Å². The van der Waals surface area contributed by atoms with E-state index in [1.165, 1.54) is 4.90 Å². The molecule has 0 saturated carbocycles. The van der Waals surface area contributed by atoms with E-state index in [-0.39, 0.29) is 24.3 Å². The standard InChI is InChI=1S/C22H23N3O3S/c26-20(23-12-14-29-16-7-2-1-3-8-16)15-25-18-10-5-4-9-17(18)21(27)24-13-6-11-19(24)22(25)28/h1-5,7-10,19H,6,11-15H2,(H,23,26). The number of nitrogens with one attached hydrogen (secondary N) is 1. The number of carbonyl (C=O) groups excluding carboxylic acids is 3. The van der Waals surface area contributed by atoms with Crippen LogP contribution in [-0.4, -0.2) is 54.1 Å². The first-order valence-corrected chi connectivity index (χ1v) is 10.8. The minimum absolute atomic E-state index is 0.0799. The van der Waals surface area contributed by atoms with Gasteiger partial charge < -0.3 is 15.1 Å². The van der Waals surface area contributed by atoms with Crippen LogP contribution in [0.3, 0.4) is 0 Å². The molecule has 0 spiro atoms. The highest BCUT2D eigenvalue weighted by atomic mass is 32.2. The number of para-hydroxylation sites is 1. The first-order valence-electron chi connectivity index (χ1n) is 9.81. The Morgan fingerprint density at radius 2 is 1.83 bits per heavy atom. The van der Waals surface area contributed by atoms with Crippen molar-refractivity contribution in [1.29, 1.82) is 0 Å². The summed E-state index contributed by atoms with van der Waals surface area (Å²) in [6.07, 6.45) is 1.45. The highest BCUT2D eigenvalue weighted by molar-refractivity contribution is 7.99. The number of nitrogens with zero attached hydrogens (tertiary/aromatic N) is 2. The van der Waals surface area contributed by atoms with Crippen molar-refractivity contribution in [3.05, 3.63) is 60.2 Å². The van der Waals surface area contributed by atoms with Gasteiger partial charge in [0, 0.05) is 23.7 Å². The van der Waals surface area contributed by atoms with Crippen LogP contribution in [0.25, 0.3) is 0 Å². The van der Waals surface area contributed by atoms with Crippen LogP contribution >= 0.6 is 11.8 Å². The minimum Gasteiger partial charge on any atom is -0.354 e. The molecule has 2 aromatic carbocycles. The molecule has 2 aromatic rings. The predicted molar refractivity (Wildman–Crippen MR) is 113 cm³/mol. The van der Waals surface area contributed by atoms with Gasteiger partial charge in [0.1, 0.15) is 12.6 Å². The summed E-state index contributed by atoms with van der Waals surface area (Å²) in [6, 6.07) is 16.6. The lowest BCUT2D eigenvalue weighted by atomic mass is 10.1. The zero-order chi connectivity index (χ0) is 20.2. The molecule has 2 aliphatic rings. The molecule has 1 saturated heterocycles. The summed E-state index contributed by atoms with van der Waals surface area (Å²) in [4.78, 5) is 42.8. The summed E-state index contributed by atoms with van der Waals surface area (Å²) in [6.45, 7) is 1.01. The smallest absolute Gasteiger partial charge is 0.256 e. The maximum absolute atomic E-state index is 13.1. The first-order chi connectivity index (χ1) is 14.1. The molecular formula is C22H23N3O3S. The second kappa shape index (κ2) is 8.69. The fourth-order valence-corrected chi connectivity index (χ4v) is 4.64. The van der Waals surface area contributed by atoms with Crippen molar-refractivity contribution >= 4 is 35.2 Å². The number of carbonyl (C=O) groups is 3. The second-order valence-corrected chi connectivity index (χ2v) is 8.28. The SMILES string of the molecule is O=C(CN1C(=O)C2CCCN2C(=O)c2ccccc21)NCCSc1ccccc1. The monoisotopic (exact) mass is 409 g/mol. The molecule has 6 nitrogen and oxygen atoms in total. The summed E-state index contributed by atoms with van der Waals surface area (Å²) < 4.78 is 0. The third-order valence-electron chi connectivity index (χ3n) is 5.23. The van der Waals surface area contributed by atoms with Gasteiger partial charge in [-0.3, -0.25) is 14.4 Å². The maximum atomic E-state index is 13.1. The molecule has 0 aromatic heterocycles. The molecule has 0 aliphatic carbocycles. The van der Waals surface area contributed by atoms with Gasteiger partial charge in [0.15, 0.2) is 0 Å². The van der Waals surface area contributed by atoms with Crippen LogP contribution in [0, 0.1) is 0 Å². The predicted octanol–water partition coefficient (Wildman–Crippen LogP) is 2.55. The molecule has 7 heteroatoms. The Balaban J connectivity index is 1.42. The topological polar surface area (TPSA) is 69.7 Å². The van der Waals surface area contributed by atoms with Gasteiger partial charge in [-0.25, -0.2) is 0 Å². The number of benzene rings is 2. The first kappa shape index (κ1) is 19.5. The Bertz CT molecular complexity index is 919. The number of rotatable bonds is 6. The number of hydrogen-bond donors (Lipinski definition) is 1. The van der Waals surface area contributed by atoms with Crippen molar-refractivity contribution in [2.45, 2.75) is 23.8 Å². The van der Waals surface area contributed by atoms with Gasteiger partial charge in [-0.15, -0.1) is 11.8 Å². The van der Waals surface area contributed by atoms with E-state index in [0.717, 1.165) is 17.1 Å². The van der Waals surface area contributed by atoms with Crippen molar-refractivity contribution in [2.75, 3.05) is 30.3 Å². The lowest BCUT2D eigenvalue weighted by molar-refractivity contribution is -0.125. The summed E-state index contributed by atoms with van der Waals surface area (Å²) >= 11 is 1.67. The van der Waals surface area contributed by atoms with Gasteiger partial charge >= 0.3 is 0 Å². The quantitative estimate of drug-likeness (QED) is 0.588. The Morgan fingerprint density at radius 1 is 1.07 bits per heavy atom. The molecule has 1 fully saturated rings. The van der Waals surface area contributed by atoms with Gasteiger partial charge in [-0.1, -0.05) is 30.3 Å². The number of hydrogen-bond acceptors (Lipinski definition) is 4. The molecule has 1 unspecified atom stereocenters. The van der Waals surface area contributed by atoms with Crippen LogP contribution < -0.4 is 10.2 Å². The Labute approximate surface area is 174 Å². The van der Waals surface area contributed by atoms with Gasteiger partial charge in [-0.2, -0.15) is 0 Å². The Hall–Kier alpha value is -2.80. The van der Waals surface area contributed by atoms with Gasteiger partial charge in [0.05, 0.1) is 11.3 Å². The lowest BCUT2D eigenvalue weighted by Gasteiger charge is -2.25. The van der Waals surface area contributed by atoms with E-state index >= 15 is 0 Å². The Morgan fingerprint density at radius 3 is 2.66 bits per heavy atom. The summed E-state index contributed by atoms with van der Waals surface area (Å²) in [7, 11) is 0. The molecule has 0 bridgehead atoms. The van der Waals surface area contributed by atoms with Crippen LogP contribution in [0.5, 0.6) is 0 Å². The average Bonchev–Trinajstić information content (AvgIpc) is 3.22. The van der Waals surface area contributed by atoms with Crippen molar-refractivity contribution in [2.24, 2.45) is 0 Å². The number of amides is 3. The van der Waals surface area contributed by atoms with E-state index in [4.69, 9.17) is 0 Å². The van der Waals surface area contributed by atoms with Crippen molar-refractivity contribution in [3.63, 3.8) is 0 Å². The highest BCUT2D eigenvalue weighted by Crippen LogP contribution is 2.32. The van der Waals surface area contributed by atoms with Crippen LogP contribution in [0.15, 0.2) is 59.5 Å². The van der Waals surface area contributed by atoms with Crippen molar-refractivity contribution < 1.29 is 14.4 Å². The minimum atomic E-state index is -0.476. The normalized spacial score (nSPS) is 18.3. The molecule has 1 N–H and O–H groups in total. The zero-order valence-corrected chi connectivity index (χ0v) is 16.9. The number of fused-ring (bicyclic) bond motifs is 2. The van der Waals surface area contributed by atoms with Crippen molar-refractivity contribution in [3.8, 4) is 0 Å². The molecule has 2 heterocycles. The van der Waals surface area contributed by atoms with Crippen molar-refractivity contribution in [1.82, 2.24) is 10.2 Å². The number of thioether (sulfide) groups is 1. The van der Waals surface area contributed by atoms with E-state index in [2.05, 4.69) is 5.32 Å².